The van der Waals surface area contributed by atoms with Crippen molar-refractivity contribution in [1.82, 2.24) is 9.55 Å². The van der Waals surface area contributed by atoms with Gasteiger partial charge in [-0.15, -0.1) is 0 Å². The Kier molecular flexibility index (Phi) is 3.68. The molecule has 0 bridgehead atoms. The predicted octanol–water partition coefficient (Wildman–Crippen LogP) is 1.39. The molecule has 0 saturated carbocycles. The average molecular weight is 196 g/mol. The highest BCUT2D eigenvalue weighted by Crippen LogP contribution is 2.07. The van der Waals surface area contributed by atoms with Crippen molar-refractivity contribution >= 4 is 5.97 Å². The maximum absolute atomic E-state index is 10.3. The second-order valence-electron chi connectivity index (χ2n) is 3.33. The number of carboxylic acid groups (broad SMARTS) is 1. The molecular formula is C10H16N2O2. The zero-order valence-corrected chi connectivity index (χ0v) is 8.66. The standard InChI is InChI=1S/C10H16N2O2/c1-3-8-7-11-9(12(8)2)5-4-6-10(13)14/h7H,3-6H2,1-2H3,(H,13,14). The van der Waals surface area contributed by atoms with Crippen molar-refractivity contribution in [3.63, 3.8) is 0 Å². The first kappa shape index (κ1) is 10.8. The summed E-state index contributed by atoms with van der Waals surface area (Å²) in [6.45, 7) is 2.08. The van der Waals surface area contributed by atoms with Gasteiger partial charge in [-0.1, -0.05) is 6.92 Å². The van der Waals surface area contributed by atoms with Gasteiger partial charge in [-0.3, -0.25) is 4.79 Å². The third-order valence-electron chi connectivity index (χ3n) is 2.33. The van der Waals surface area contributed by atoms with Crippen molar-refractivity contribution in [1.29, 1.82) is 0 Å². The highest BCUT2D eigenvalue weighted by Gasteiger charge is 2.05. The fraction of sp³-hybridized carbons (Fsp3) is 0.600. The van der Waals surface area contributed by atoms with E-state index in [2.05, 4.69) is 11.9 Å². The summed E-state index contributed by atoms with van der Waals surface area (Å²) in [6.07, 6.45) is 4.43. The molecule has 0 aromatic carbocycles. The first-order valence-electron chi connectivity index (χ1n) is 4.86. The molecule has 4 nitrogen and oxygen atoms in total. The number of aliphatic carboxylic acids is 1. The zero-order chi connectivity index (χ0) is 10.6. The summed E-state index contributed by atoms with van der Waals surface area (Å²) in [7, 11) is 1.97. The number of hydrogen-bond acceptors (Lipinski definition) is 2. The quantitative estimate of drug-likeness (QED) is 0.774. The lowest BCUT2D eigenvalue weighted by Crippen LogP contribution is -2.03. The first-order valence-corrected chi connectivity index (χ1v) is 4.86. The van der Waals surface area contributed by atoms with Gasteiger partial charge in [-0.05, 0) is 12.8 Å². The minimum absolute atomic E-state index is 0.217. The Balaban J connectivity index is 2.50. The number of carbonyl (C=O) groups is 1. The molecule has 0 aliphatic heterocycles. The van der Waals surface area contributed by atoms with Crippen LogP contribution < -0.4 is 0 Å². The first-order chi connectivity index (χ1) is 6.65. The molecule has 1 heterocycles. The van der Waals surface area contributed by atoms with E-state index >= 15 is 0 Å². The third kappa shape index (κ3) is 2.58. The van der Waals surface area contributed by atoms with E-state index in [-0.39, 0.29) is 6.42 Å². The van der Waals surface area contributed by atoms with E-state index in [9.17, 15) is 4.79 Å². The Labute approximate surface area is 83.6 Å². The lowest BCUT2D eigenvalue weighted by molar-refractivity contribution is -0.137. The fourth-order valence-electron chi connectivity index (χ4n) is 1.45. The van der Waals surface area contributed by atoms with Gasteiger partial charge in [0.15, 0.2) is 0 Å². The van der Waals surface area contributed by atoms with Gasteiger partial charge < -0.3 is 9.67 Å². The molecule has 0 amide bonds. The normalized spacial score (nSPS) is 10.4. The van der Waals surface area contributed by atoms with Gasteiger partial charge in [0.1, 0.15) is 5.82 Å². The third-order valence-corrected chi connectivity index (χ3v) is 2.33. The van der Waals surface area contributed by atoms with Gasteiger partial charge in [0, 0.05) is 31.8 Å². The molecule has 0 fully saturated rings. The largest absolute Gasteiger partial charge is 0.481 e. The van der Waals surface area contributed by atoms with Crippen LogP contribution in [0.15, 0.2) is 6.20 Å². The number of hydrogen-bond donors (Lipinski definition) is 1. The number of aromatic nitrogens is 2. The van der Waals surface area contributed by atoms with Crippen molar-refractivity contribution in [3.05, 3.63) is 17.7 Å². The van der Waals surface area contributed by atoms with Gasteiger partial charge in [-0.2, -0.15) is 0 Å². The van der Waals surface area contributed by atoms with Crippen LogP contribution in [0.3, 0.4) is 0 Å². The number of aryl methyl sites for hydroxylation is 2. The van der Waals surface area contributed by atoms with Crippen molar-refractivity contribution in [2.24, 2.45) is 7.05 Å². The van der Waals surface area contributed by atoms with Crippen LogP contribution >= 0.6 is 0 Å². The second-order valence-corrected chi connectivity index (χ2v) is 3.33. The topological polar surface area (TPSA) is 55.1 Å². The molecule has 0 radical (unpaired) electrons. The summed E-state index contributed by atoms with van der Waals surface area (Å²) in [5.74, 6) is 0.234. The molecule has 0 saturated heterocycles. The molecule has 78 valence electrons. The smallest absolute Gasteiger partial charge is 0.303 e. The van der Waals surface area contributed by atoms with Crippen LogP contribution in [-0.4, -0.2) is 20.6 Å². The van der Waals surface area contributed by atoms with Gasteiger partial charge in [0.2, 0.25) is 0 Å². The minimum Gasteiger partial charge on any atom is -0.481 e. The number of carboxylic acids is 1. The lowest BCUT2D eigenvalue weighted by atomic mass is 10.2. The minimum atomic E-state index is -0.741. The molecule has 1 rings (SSSR count). The van der Waals surface area contributed by atoms with Crippen molar-refractivity contribution < 1.29 is 9.90 Å². The SMILES string of the molecule is CCc1cnc(CCCC(=O)O)n1C. The van der Waals surface area contributed by atoms with E-state index in [1.165, 1.54) is 5.69 Å². The molecular weight excluding hydrogens is 180 g/mol. The Morgan fingerprint density at radius 2 is 2.36 bits per heavy atom. The Bertz CT molecular complexity index is 318. The van der Waals surface area contributed by atoms with Crippen LogP contribution in [0.4, 0.5) is 0 Å². The average Bonchev–Trinajstić information content (AvgIpc) is 2.47. The highest BCUT2D eigenvalue weighted by molar-refractivity contribution is 5.66. The summed E-state index contributed by atoms with van der Waals surface area (Å²) in [4.78, 5) is 14.6. The molecule has 4 heteroatoms. The van der Waals surface area contributed by atoms with Crippen LogP contribution in [0, 0.1) is 0 Å². The van der Waals surface area contributed by atoms with Gasteiger partial charge >= 0.3 is 5.97 Å². The number of rotatable bonds is 5. The van der Waals surface area contributed by atoms with E-state index in [4.69, 9.17) is 5.11 Å². The van der Waals surface area contributed by atoms with Crippen molar-refractivity contribution in [2.75, 3.05) is 0 Å². The Hall–Kier alpha value is -1.32. The summed E-state index contributed by atoms with van der Waals surface area (Å²) in [5, 5.41) is 8.48. The molecule has 1 N–H and O–H groups in total. The molecule has 0 aliphatic rings. The monoisotopic (exact) mass is 196 g/mol. The van der Waals surface area contributed by atoms with Crippen LogP contribution in [0.5, 0.6) is 0 Å². The number of nitrogens with zero attached hydrogens (tertiary/aromatic N) is 2. The molecule has 1 aromatic rings. The Morgan fingerprint density at radius 3 is 2.86 bits per heavy atom. The van der Waals surface area contributed by atoms with Crippen LogP contribution in [-0.2, 0) is 24.7 Å². The van der Waals surface area contributed by atoms with E-state index in [0.29, 0.717) is 6.42 Å². The van der Waals surface area contributed by atoms with Crippen LogP contribution in [0.25, 0.3) is 0 Å². The zero-order valence-electron chi connectivity index (χ0n) is 8.66. The van der Waals surface area contributed by atoms with E-state index in [0.717, 1.165) is 18.7 Å². The molecule has 14 heavy (non-hydrogen) atoms. The molecule has 0 aliphatic carbocycles. The summed E-state index contributed by atoms with van der Waals surface area (Å²) >= 11 is 0. The van der Waals surface area contributed by atoms with E-state index in [1.54, 1.807) is 0 Å². The fourth-order valence-corrected chi connectivity index (χ4v) is 1.45. The number of imidazole rings is 1. The van der Waals surface area contributed by atoms with E-state index in [1.807, 2.05) is 17.8 Å². The molecule has 0 spiro atoms. The van der Waals surface area contributed by atoms with Gasteiger partial charge in [0.25, 0.3) is 0 Å². The van der Waals surface area contributed by atoms with Crippen molar-refractivity contribution in [3.8, 4) is 0 Å². The maximum atomic E-state index is 10.3. The van der Waals surface area contributed by atoms with Crippen LogP contribution in [0.2, 0.25) is 0 Å². The van der Waals surface area contributed by atoms with E-state index < -0.39 is 5.97 Å². The maximum Gasteiger partial charge on any atom is 0.303 e. The molecule has 0 atom stereocenters. The Morgan fingerprint density at radius 1 is 1.64 bits per heavy atom. The highest BCUT2D eigenvalue weighted by atomic mass is 16.4. The lowest BCUT2D eigenvalue weighted by Gasteiger charge is -2.03. The molecule has 1 aromatic heterocycles. The molecule has 0 unspecified atom stereocenters. The summed E-state index contributed by atoms with van der Waals surface area (Å²) < 4.78 is 2.04. The van der Waals surface area contributed by atoms with Gasteiger partial charge in [-0.25, -0.2) is 4.98 Å². The second kappa shape index (κ2) is 4.79. The van der Waals surface area contributed by atoms with Gasteiger partial charge in [0.05, 0.1) is 0 Å². The van der Waals surface area contributed by atoms with Crippen molar-refractivity contribution in [2.45, 2.75) is 32.6 Å². The summed E-state index contributed by atoms with van der Waals surface area (Å²) in [6, 6.07) is 0. The summed E-state index contributed by atoms with van der Waals surface area (Å²) in [5.41, 5.74) is 1.19. The van der Waals surface area contributed by atoms with Crippen LogP contribution in [0.1, 0.15) is 31.3 Å². The predicted molar refractivity (Wildman–Crippen MR) is 53.2 cm³/mol.